The third-order valence-corrected chi connectivity index (χ3v) is 5.14. The number of aromatic nitrogens is 4. The Morgan fingerprint density at radius 1 is 1.03 bits per heavy atom. The average Bonchev–Trinajstić information content (AvgIpc) is 3.43. The highest BCUT2D eigenvalue weighted by Gasteiger charge is 2.12. The van der Waals surface area contributed by atoms with Crippen molar-refractivity contribution in [2.24, 2.45) is 0 Å². The molecule has 0 aliphatic heterocycles. The summed E-state index contributed by atoms with van der Waals surface area (Å²) in [6, 6.07) is 19.8. The average molecular weight is 415 g/mol. The highest BCUT2D eigenvalue weighted by Crippen LogP contribution is 2.22. The van der Waals surface area contributed by atoms with Gasteiger partial charge >= 0.3 is 0 Å². The number of ether oxygens (including phenoxy) is 1. The van der Waals surface area contributed by atoms with Crippen LogP contribution in [-0.4, -0.2) is 25.5 Å². The molecule has 0 aliphatic carbocycles. The standard InChI is InChI=1S/C24H25N5O2/c1-3-29-18(2)21(16-26-29)15-25-24(30)23-13-14-28(27-23)17-31-22-11-9-20(10-12-22)19-7-5-4-6-8-19/h4-14,16H,3,15,17H2,1-2H3,(H,25,30). The largest absolute Gasteiger partial charge is 0.471 e. The predicted octanol–water partition coefficient (Wildman–Crippen LogP) is 4.04. The molecule has 7 heteroatoms. The molecule has 158 valence electrons. The fraction of sp³-hybridized carbons (Fsp3) is 0.208. The molecule has 2 heterocycles. The molecule has 31 heavy (non-hydrogen) atoms. The summed E-state index contributed by atoms with van der Waals surface area (Å²) in [5, 5.41) is 11.5. The van der Waals surface area contributed by atoms with E-state index in [1.165, 1.54) is 0 Å². The lowest BCUT2D eigenvalue weighted by molar-refractivity contribution is 0.0944. The Bertz CT molecular complexity index is 1150. The number of rotatable bonds is 8. The van der Waals surface area contributed by atoms with E-state index >= 15 is 0 Å². The minimum absolute atomic E-state index is 0.223. The van der Waals surface area contributed by atoms with Gasteiger partial charge in [0.05, 0.1) is 6.20 Å². The van der Waals surface area contributed by atoms with Crippen LogP contribution >= 0.6 is 0 Å². The maximum absolute atomic E-state index is 12.4. The van der Waals surface area contributed by atoms with Gasteiger partial charge in [0.25, 0.3) is 5.91 Å². The number of carbonyl (C=O) groups is 1. The van der Waals surface area contributed by atoms with Crippen LogP contribution in [-0.2, 0) is 19.8 Å². The van der Waals surface area contributed by atoms with Gasteiger partial charge < -0.3 is 10.1 Å². The van der Waals surface area contributed by atoms with Crippen LogP contribution in [0.5, 0.6) is 5.75 Å². The van der Waals surface area contributed by atoms with Gasteiger partial charge in [-0.15, -0.1) is 0 Å². The van der Waals surface area contributed by atoms with Crippen LogP contribution in [0.25, 0.3) is 11.1 Å². The first-order valence-corrected chi connectivity index (χ1v) is 10.2. The molecule has 0 spiro atoms. The van der Waals surface area contributed by atoms with Crippen LogP contribution in [0.2, 0.25) is 0 Å². The molecular weight excluding hydrogens is 390 g/mol. The molecule has 1 amide bonds. The highest BCUT2D eigenvalue weighted by atomic mass is 16.5. The molecule has 2 aromatic carbocycles. The number of amides is 1. The van der Waals surface area contributed by atoms with Crippen LogP contribution in [0.15, 0.2) is 73.1 Å². The maximum Gasteiger partial charge on any atom is 0.272 e. The van der Waals surface area contributed by atoms with Gasteiger partial charge in [0.1, 0.15) is 11.4 Å². The lowest BCUT2D eigenvalue weighted by Gasteiger charge is -2.08. The summed E-state index contributed by atoms with van der Waals surface area (Å²) in [4.78, 5) is 12.4. The highest BCUT2D eigenvalue weighted by molar-refractivity contribution is 5.92. The third-order valence-electron chi connectivity index (χ3n) is 5.14. The van der Waals surface area contributed by atoms with Crippen molar-refractivity contribution in [1.82, 2.24) is 24.9 Å². The summed E-state index contributed by atoms with van der Waals surface area (Å²) in [7, 11) is 0. The van der Waals surface area contributed by atoms with Crippen molar-refractivity contribution in [2.45, 2.75) is 33.7 Å². The molecule has 0 unspecified atom stereocenters. The van der Waals surface area contributed by atoms with Crippen LogP contribution < -0.4 is 10.1 Å². The molecule has 0 aliphatic rings. The summed E-state index contributed by atoms with van der Waals surface area (Å²) in [6.45, 7) is 5.48. The topological polar surface area (TPSA) is 74.0 Å². The molecule has 0 fully saturated rings. The zero-order chi connectivity index (χ0) is 21.6. The van der Waals surface area contributed by atoms with Crippen molar-refractivity contribution >= 4 is 5.91 Å². The van der Waals surface area contributed by atoms with E-state index in [-0.39, 0.29) is 12.6 Å². The second-order valence-corrected chi connectivity index (χ2v) is 7.16. The number of benzene rings is 2. The number of nitrogens with zero attached hydrogens (tertiary/aromatic N) is 4. The zero-order valence-corrected chi connectivity index (χ0v) is 17.7. The minimum atomic E-state index is -0.227. The number of hydrogen-bond acceptors (Lipinski definition) is 4. The molecule has 4 rings (SSSR count). The summed E-state index contributed by atoms with van der Waals surface area (Å²) in [5.41, 5.74) is 4.69. The fourth-order valence-electron chi connectivity index (χ4n) is 3.31. The van der Waals surface area contributed by atoms with Gasteiger partial charge in [-0.3, -0.25) is 9.48 Å². The van der Waals surface area contributed by atoms with Gasteiger partial charge in [0, 0.05) is 30.5 Å². The first-order valence-electron chi connectivity index (χ1n) is 10.2. The Morgan fingerprint density at radius 3 is 2.48 bits per heavy atom. The molecule has 4 aromatic rings. The van der Waals surface area contributed by atoms with E-state index < -0.39 is 0 Å². The van der Waals surface area contributed by atoms with Crippen molar-refractivity contribution in [3.63, 3.8) is 0 Å². The van der Waals surface area contributed by atoms with Crippen LogP contribution in [0.4, 0.5) is 0 Å². The normalized spacial score (nSPS) is 10.8. The van der Waals surface area contributed by atoms with Crippen LogP contribution in [0, 0.1) is 6.92 Å². The van der Waals surface area contributed by atoms with Crippen molar-refractivity contribution in [1.29, 1.82) is 0 Å². The number of aryl methyl sites for hydroxylation is 1. The SMILES string of the molecule is CCn1ncc(CNC(=O)c2ccn(COc3ccc(-c4ccccc4)cc3)n2)c1C. The summed E-state index contributed by atoms with van der Waals surface area (Å²) >= 11 is 0. The first-order chi connectivity index (χ1) is 15.1. The Hall–Kier alpha value is -3.87. The van der Waals surface area contributed by atoms with Crippen LogP contribution in [0.3, 0.4) is 0 Å². The van der Waals surface area contributed by atoms with Gasteiger partial charge in [-0.25, -0.2) is 4.68 Å². The molecule has 0 bridgehead atoms. The van der Waals surface area contributed by atoms with Crippen molar-refractivity contribution in [3.8, 4) is 16.9 Å². The summed E-state index contributed by atoms with van der Waals surface area (Å²) < 4.78 is 9.29. The number of nitrogens with one attached hydrogen (secondary N) is 1. The Kier molecular flexibility index (Phi) is 6.12. The van der Waals surface area contributed by atoms with Gasteiger partial charge in [-0.1, -0.05) is 42.5 Å². The Balaban J connectivity index is 1.30. The molecule has 0 radical (unpaired) electrons. The number of carbonyl (C=O) groups excluding carboxylic acids is 1. The third kappa shape index (κ3) is 4.83. The molecule has 2 aromatic heterocycles. The second kappa shape index (κ2) is 9.30. The van der Waals surface area contributed by atoms with Gasteiger partial charge in [-0.05, 0) is 43.2 Å². The molecule has 0 saturated heterocycles. The fourth-order valence-corrected chi connectivity index (χ4v) is 3.31. The Morgan fingerprint density at radius 2 is 1.77 bits per heavy atom. The number of hydrogen-bond donors (Lipinski definition) is 1. The Labute approximate surface area is 181 Å². The van der Waals surface area contributed by atoms with Gasteiger partial charge in [0.2, 0.25) is 0 Å². The quantitative estimate of drug-likeness (QED) is 0.471. The predicted molar refractivity (Wildman–Crippen MR) is 119 cm³/mol. The lowest BCUT2D eigenvalue weighted by Crippen LogP contribution is -2.24. The van der Waals surface area contributed by atoms with E-state index in [0.29, 0.717) is 12.2 Å². The van der Waals surface area contributed by atoms with Gasteiger partial charge in [-0.2, -0.15) is 10.2 Å². The second-order valence-electron chi connectivity index (χ2n) is 7.16. The zero-order valence-electron chi connectivity index (χ0n) is 17.7. The minimum Gasteiger partial charge on any atom is -0.471 e. The smallest absolute Gasteiger partial charge is 0.272 e. The maximum atomic E-state index is 12.4. The summed E-state index contributed by atoms with van der Waals surface area (Å²) in [6.07, 6.45) is 3.52. The molecule has 0 saturated carbocycles. The van der Waals surface area contributed by atoms with E-state index in [1.807, 2.05) is 61.0 Å². The van der Waals surface area contributed by atoms with Crippen LogP contribution in [0.1, 0.15) is 28.7 Å². The van der Waals surface area contributed by atoms with Gasteiger partial charge in [0.15, 0.2) is 6.73 Å². The first kappa shape index (κ1) is 20.4. The van der Waals surface area contributed by atoms with E-state index in [4.69, 9.17) is 4.74 Å². The van der Waals surface area contributed by atoms with E-state index in [0.717, 1.165) is 34.7 Å². The van der Waals surface area contributed by atoms with Crippen molar-refractivity contribution < 1.29 is 9.53 Å². The van der Waals surface area contributed by atoms with Crippen molar-refractivity contribution in [2.75, 3.05) is 0 Å². The monoisotopic (exact) mass is 415 g/mol. The lowest BCUT2D eigenvalue weighted by atomic mass is 10.1. The molecular formula is C24H25N5O2. The molecule has 7 nitrogen and oxygen atoms in total. The van der Waals surface area contributed by atoms with Crippen molar-refractivity contribution in [3.05, 3.63) is 90.0 Å². The molecule has 1 N–H and O–H groups in total. The van der Waals surface area contributed by atoms with E-state index in [9.17, 15) is 4.79 Å². The van der Waals surface area contributed by atoms with E-state index in [1.54, 1.807) is 23.1 Å². The molecule has 0 atom stereocenters. The summed E-state index contributed by atoms with van der Waals surface area (Å²) in [5.74, 6) is 0.513. The van der Waals surface area contributed by atoms with E-state index in [2.05, 4.69) is 27.6 Å².